The highest BCUT2D eigenvalue weighted by atomic mass is 32.2. The second-order valence-electron chi connectivity index (χ2n) is 7.53. The molecule has 0 aliphatic carbocycles. The first-order valence-corrected chi connectivity index (χ1v) is 11.4. The first-order chi connectivity index (χ1) is 15.3. The van der Waals surface area contributed by atoms with E-state index in [1.807, 2.05) is 0 Å². The van der Waals surface area contributed by atoms with Gasteiger partial charge in [-0.15, -0.1) is 10.2 Å². The van der Waals surface area contributed by atoms with E-state index in [-0.39, 0.29) is 24.6 Å². The fourth-order valence-electron chi connectivity index (χ4n) is 3.84. The van der Waals surface area contributed by atoms with Crippen LogP contribution in [0.3, 0.4) is 0 Å². The number of amides is 1. The summed E-state index contributed by atoms with van der Waals surface area (Å²) < 4.78 is 24.1. The summed E-state index contributed by atoms with van der Waals surface area (Å²) in [6.07, 6.45) is 2.24. The van der Waals surface area contributed by atoms with Gasteiger partial charge in [0.25, 0.3) is 0 Å². The van der Waals surface area contributed by atoms with Crippen LogP contribution in [-0.2, 0) is 20.8 Å². The number of fused-ring (bicyclic) bond motifs is 1. The van der Waals surface area contributed by atoms with E-state index in [1.54, 1.807) is 18.2 Å². The molecule has 0 unspecified atom stereocenters. The molecular formula is C20H25N5O5S. The van der Waals surface area contributed by atoms with Gasteiger partial charge in [0, 0.05) is 31.5 Å². The average molecular weight is 448 g/mol. The summed E-state index contributed by atoms with van der Waals surface area (Å²) in [5.74, 6) is 2.24. The number of ether oxygens (including phenoxy) is 4. The molecule has 0 spiro atoms. The zero-order valence-electron chi connectivity index (χ0n) is 17.1. The fourth-order valence-corrected chi connectivity index (χ4v) is 4.58. The second kappa shape index (κ2) is 9.33. The molecular weight excluding hydrogens is 422 g/mol. The number of nitrogens with one attached hydrogen (secondary N) is 1. The lowest BCUT2D eigenvalue weighted by Crippen LogP contribution is -2.38. The van der Waals surface area contributed by atoms with Crippen molar-refractivity contribution in [3.63, 3.8) is 0 Å². The number of rotatable bonds is 7. The number of nitrogens with zero attached hydrogens (tertiary/aromatic N) is 4. The molecule has 1 amide bonds. The molecule has 0 bridgehead atoms. The molecule has 166 valence electrons. The van der Waals surface area contributed by atoms with Gasteiger partial charge in [0.2, 0.25) is 18.6 Å². The molecule has 11 heteroatoms. The maximum Gasteiger partial charge on any atom is 0.234 e. The van der Waals surface area contributed by atoms with Crippen molar-refractivity contribution in [1.29, 1.82) is 0 Å². The Balaban J connectivity index is 1.25. The van der Waals surface area contributed by atoms with Crippen LogP contribution in [0.15, 0.2) is 23.4 Å². The summed E-state index contributed by atoms with van der Waals surface area (Å²) in [6.45, 7) is 4.58. The van der Waals surface area contributed by atoms with E-state index >= 15 is 0 Å². The van der Waals surface area contributed by atoms with Crippen molar-refractivity contribution in [2.45, 2.75) is 30.6 Å². The van der Waals surface area contributed by atoms with E-state index in [0.29, 0.717) is 36.9 Å². The van der Waals surface area contributed by atoms with Crippen molar-refractivity contribution in [1.82, 2.24) is 14.8 Å². The number of anilines is 2. The highest BCUT2D eigenvalue weighted by Crippen LogP contribution is 2.34. The van der Waals surface area contributed by atoms with Gasteiger partial charge in [-0.05, 0) is 25.0 Å². The van der Waals surface area contributed by atoms with Crippen LogP contribution >= 0.6 is 11.8 Å². The summed E-state index contributed by atoms with van der Waals surface area (Å²) in [7, 11) is 0. The summed E-state index contributed by atoms with van der Waals surface area (Å²) >= 11 is 1.38. The van der Waals surface area contributed by atoms with Crippen LogP contribution in [0.5, 0.6) is 11.5 Å². The number of hydrogen-bond acceptors (Lipinski definition) is 9. The number of benzene rings is 1. The SMILES string of the molecule is O=C(CSc1nnc(N2CCOCC2)n1C[C@@H]1CCCO1)Nc1ccc2c(c1)OCO2. The number of hydrogen-bond donors (Lipinski definition) is 1. The van der Waals surface area contributed by atoms with Crippen molar-refractivity contribution in [2.75, 3.05) is 55.7 Å². The van der Waals surface area contributed by atoms with Gasteiger partial charge in [-0.1, -0.05) is 11.8 Å². The third kappa shape index (κ3) is 4.73. The molecule has 0 radical (unpaired) electrons. The third-order valence-corrected chi connectivity index (χ3v) is 6.36. The van der Waals surface area contributed by atoms with Crippen molar-refractivity contribution in [3.05, 3.63) is 18.2 Å². The number of thioether (sulfide) groups is 1. The molecule has 2 aromatic rings. The van der Waals surface area contributed by atoms with E-state index in [2.05, 4.69) is 25.0 Å². The van der Waals surface area contributed by atoms with Gasteiger partial charge in [0.05, 0.1) is 31.6 Å². The predicted octanol–water partition coefficient (Wildman–Crippen LogP) is 1.75. The van der Waals surface area contributed by atoms with Crippen molar-refractivity contribution < 1.29 is 23.7 Å². The monoisotopic (exact) mass is 447 g/mol. The Kier molecular flexibility index (Phi) is 6.14. The Bertz CT molecular complexity index is 927. The molecule has 31 heavy (non-hydrogen) atoms. The molecule has 1 aromatic carbocycles. The predicted molar refractivity (Wildman–Crippen MR) is 114 cm³/mol. The number of carbonyl (C=O) groups is 1. The highest BCUT2D eigenvalue weighted by Gasteiger charge is 2.25. The van der Waals surface area contributed by atoms with Crippen molar-refractivity contribution in [3.8, 4) is 11.5 Å². The van der Waals surface area contributed by atoms with Crippen LogP contribution in [0, 0.1) is 0 Å². The fraction of sp³-hybridized carbons (Fsp3) is 0.550. The Morgan fingerprint density at radius 2 is 2.03 bits per heavy atom. The minimum Gasteiger partial charge on any atom is -0.454 e. The molecule has 1 atom stereocenters. The van der Waals surface area contributed by atoms with Crippen LogP contribution < -0.4 is 19.7 Å². The lowest BCUT2D eigenvalue weighted by atomic mass is 10.2. The summed E-state index contributed by atoms with van der Waals surface area (Å²) in [6, 6.07) is 5.35. The van der Waals surface area contributed by atoms with Crippen LogP contribution in [0.4, 0.5) is 11.6 Å². The first-order valence-electron chi connectivity index (χ1n) is 10.5. The molecule has 10 nitrogen and oxygen atoms in total. The largest absolute Gasteiger partial charge is 0.454 e. The minimum absolute atomic E-state index is 0.122. The van der Waals surface area contributed by atoms with Crippen LogP contribution in [0.1, 0.15) is 12.8 Å². The Morgan fingerprint density at radius 3 is 2.87 bits per heavy atom. The number of aromatic nitrogens is 3. The standard InChI is InChI=1S/C20H25N5O5S/c26-18(21-14-3-4-16-17(10-14)30-13-29-16)12-31-20-23-22-19(24-5-8-27-9-6-24)25(20)11-15-2-1-7-28-15/h3-4,10,15H,1-2,5-9,11-13H2,(H,21,26)/t15-/m0/s1. The zero-order chi connectivity index (χ0) is 21.0. The molecule has 2 fully saturated rings. The minimum atomic E-state index is -0.122. The topological polar surface area (TPSA) is 100.0 Å². The maximum atomic E-state index is 12.5. The molecule has 2 saturated heterocycles. The van der Waals surface area contributed by atoms with Gasteiger partial charge >= 0.3 is 0 Å². The Labute approximate surface area is 184 Å². The quantitative estimate of drug-likeness (QED) is 0.636. The normalized spacial score (nSPS) is 20.3. The highest BCUT2D eigenvalue weighted by molar-refractivity contribution is 7.99. The van der Waals surface area contributed by atoms with Gasteiger partial charge in [-0.3, -0.25) is 9.36 Å². The van der Waals surface area contributed by atoms with E-state index in [4.69, 9.17) is 18.9 Å². The lowest BCUT2D eigenvalue weighted by Gasteiger charge is -2.28. The third-order valence-electron chi connectivity index (χ3n) is 5.39. The zero-order valence-corrected chi connectivity index (χ0v) is 17.9. The van der Waals surface area contributed by atoms with Gasteiger partial charge in [-0.25, -0.2) is 0 Å². The summed E-state index contributed by atoms with van der Waals surface area (Å²) in [4.78, 5) is 14.7. The molecule has 1 N–H and O–H groups in total. The number of morpholine rings is 1. The average Bonchev–Trinajstić information content (AvgIpc) is 3.54. The summed E-state index contributed by atoms with van der Waals surface area (Å²) in [5, 5.41) is 12.4. The van der Waals surface area contributed by atoms with Crippen LogP contribution in [-0.4, -0.2) is 72.2 Å². The number of carbonyl (C=O) groups excluding carboxylic acids is 1. The molecule has 0 saturated carbocycles. The van der Waals surface area contributed by atoms with Gasteiger partial charge < -0.3 is 29.2 Å². The summed E-state index contributed by atoms with van der Waals surface area (Å²) in [5.41, 5.74) is 0.671. The molecule has 3 aliphatic rings. The van der Waals surface area contributed by atoms with Gasteiger partial charge in [0.15, 0.2) is 16.7 Å². The molecule has 1 aromatic heterocycles. The van der Waals surface area contributed by atoms with E-state index < -0.39 is 0 Å². The van der Waals surface area contributed by atoms with Crippen LogP contribution in [0.2, 0.25) is 0 Å². The molecule has 5 rings (SSSR count). The Morgan fingerprint density at radius 1 is 1.16 bits per heavy atom. The molecule has 4 heterocycles. The van der Waals surface area contributed by atoms with Crippen LogP contribution in [0.25, 0.3) is 0 Å². The van der Waals surface area contributed by atoms with E-state index in [1.165, 1.54) is 11.8 Å². The first kappa shape index (κ1) is 20.4. The van der Waals surface area contributed by atoms with Crippen molar-refractivity contribution >= 4 is 29.3 Å². The molecule has 3 aliphatic heterocycles. The maximum absolute atomic E-state index is 12.5. The van der Waals surface area contributed by atoms with E-state index in [9.17, 15) is 4.79 Å². The van der Waals surface area contributed by atoms with Gasteiger partial charge in [-0.2, -0.15) is 0 Å². The second-order valence-corrected chi connectivity index (χ2v) is 8.48. The van der Waals surface area contributed by atoms with E-state index in [0.717, 1.165) is 43.6 Å². The Hall–Kier alpha value is -2.50. The smallest absolute Gasteiger partial charge is 0.234 e. The van der Waals surface area contributed by atoms with Crippen molar-refractivity contribution in [2.24, 2.45) is 0 Å². The lowest BCUT2D eigenvalue weighted by molar-refractivity contribution is -0.113. The van der Waals surface area contributed by atoms with Gasteiger partial charge in [0.1, 0.15) is 0 Å².